The monoisotopic (exact) mass is 506 g/mol. The number of aromatic nitrogens is 3. The Bertz CT molecular complexity index is 1460. The third kappa shape index (κ3) is 5.14. The van der Waals surface area contributed by atoms with Crippen molar-refractivity contribution in [2.24, 2.45) is 0 Å². The molecule has 1 heterocycles. The fourth-order valence-electron chi connectivity index (χ4n) is 3.68. The summed E-state index contributed by atoms with van der Waals surface area (Å²) in [5.74, 6) is 1.24. The van der Waals surface area contributed by atoms with Gasteiger partial charge in [0.05, 0.1) is 11.4 Å². The van der Waals surface area contributed by atoms with Crippen LogP contribution < -0.4 is 15.8 Å². The van der Waals surface area contributed by atoms with Crippen LogP contribution in [0.1, 0.15) is 0 Å². The number of thiocarbonyl (C=S) groups is 2. The van der Waals surface area contributed by atoms with E-state index in [9.17, 15) is 0 Å². The fourth-order valence-corrected chi connectivity index (χ4v) is 3.98. The van der Waals surface area contributed by atoms with E-state index in [1.807, 2.05) is 126 Å². The van der Waals surface area contributed by atoms with Crippen LogP contribution in [-0.2, 0) is 0 Å². The minimum absolute atomic E-state index is 0.349. The van der Waals surface area contributed by atoms with Gasteiger partial charge in [-0.1, -0.05) is 109 Å². The van der Waals surface area contributed by atoms with Crippen molar-refractivity contribution in [2.45, 2.75) is 0 Å². The standard InChI is InChI=1S/C28H22N6S2/c35-26(29-22-15-7-2-8-16-22)27(36)32-34(24-19-11-4-12-20-24)28-31-30-25(21-13-5-1-6-14-21)33(28)23-17-9-3-10-18-23/h1-20H,(H,29,35)(H,32,36). The molecule has 0 aliphatic heterocycles. The number of anilines is 3. The van der Waals surface area contributed by atoms with Crippen LogP contribution in [0, 0.1) is 0 Å². The first kappa shape index (κ1) is 23.3. The Balaban J connectivity index is 1.57. The minimum atomic E-state index is 0.349. The van der Waals surface area contributed by atoms with Crippen molar-refractivity contribution in [3.05, 3.63) is 121 Å². The molecule has 0 atom stereocenters. The summed E-state index contributed by atoms with van der Waals surface area (Å²) in [6.07, 6.45) is 0. The van der Waals surface area contributed by atoms with Crippen LogP contribution in [0.15, 0.2) is 121 Å². The Morgan fingerprint density at radius 2 is 1.19 bits per heavy atom. The molecule has 6 nitrogen and oxygen atoms in total. The number of nitrogens with one attached hydrogen (secondary N) is 2. The molecule has 0 saturated carbocycles. The quantitative estimate of drug-likeness (QED) is 0.206. The summed E-state index contributed by atoms with van der Waals surface area (Å²) < 4.78 is 1.99. The van der Waals surface area contributed by atoms with Gasteiger partial charge in [0.1, 0.15) is 4.99 Å². The van der Waals surface area contributed by atoms with Gasteiger partial charge in [-0.2, -0.15) is 0 Å². The molecule has 5 aromatic rings. The molecule has 8 heteroatoms. The normalized spacial score (nSPS) is 10.4. The van der Waals surface area contributed by atoms with Crippen molar-refractivity contribution in [1.29, 1.82) is 0 Å². The third-order valence-electron chi connectivity index (χ3n) is 5.36. The lowest BCUT2D eigenvalue weighted by Crippen LogP contribution is -2.44. The van der Waals surface area contributed by atoms with Gasteiger partial charge >= 0.3 is 0 Å². The van der Waals surface area contributed by atoms with E-state index in [2.05, 4.69) is 20.9 Å². The summed E-state index contributed by atoms with van der Waals surface area (Å²) in [5, 5.41) is 14.1. The summed E-state index contributed by atoms with van der Waals surface area (Å²) in [4.78, 5) is 0.743. The molecular formula is C28H22N6S2. The Morgan fingerprint density at radius 3 is 1.83 bits per heavy atom. The lowest BCUT2D eigenvalue weighted by Gasteiger charge is -2.26. The van der Waals surface area contributed by atoms with Gasteiger partial charge in [0.25, 0.3) is 5.95 Å². The van der Waals surface area contributed by atoms with Gasteiger partial charge in [-0.05, 0) is 36.4 Å². The molecule has 0 aliphatic carbocycles. The smallest absolute Gasteiger partial charge is 0.255 e. The highest BCUT2D eigenvalue weighted by Gasteiger charge is 2.23. The highest BCUT2D eigenvalue weighted by Crippen LogP contribution is 2.30. The zero-order valence-corrected chi connectivity index (χ0v) is 20.8. The van der Waals surface area contributed by atoms with Crippen LogP contribution in [0.2, 0.25) is 0 Å². The summed E-state index contributed by atoms with van der Waals surface area (Å²) in [6.45, 7) is 0. The molecule has 0 aliphatic rings. The average Bonchev–Trinajstić information content (AvgIpc) is 3.38. The van der Waals surface area contributed by atoms with Gasteiger partial charge in [-0.25, -0.2) is 5.01 Å². The number of para-hydroxylation sites is 3. The van der Waals surface area contributed by atoms with E-state index in [4.69, 9.17) is 24.4 Å². The molecule has 0 unspecified atom stereocenters. The molecule has 0 amide bonds. The molecule has 4 aromatic carbocycles. The number of hydrogen-bond donors (Lipinski definition) is 2. The summed E-state index contributed by atoms with van der Waals surface area (Å²) >= 11 is 11.3. The van der Waals surface area contributed by atoms with Crippen LogP contribution in [0.5, 0.6) is 0 Å². The number of benzene rings is 4. The van der Waals surface area contributed by atoms with E-state index in [1.54, 1.807) is 5.01 Å². The van der Waals surface area contributed by atoms with Crippen molar-refractivity contribution in [1.82, 2.24) is 20.2 Å². The number of hydrogen-bond acceptors (Lipinski definition) is 5. The second kappa shape index (κ2) is 10.9. The average molecular weight is 507 g/mol. The lowest BCUT2D eigenvalue weighted by molar-refractivity contribution is 0.865. The Morgan fingerprint density at radius 1 is 0.639 bits per heavy atom. The first-order chi connectivity index (χ1) is 17.7. The maximum Gasteiger partial charge on any atom is 0.255 e. The Hall–Kier alpha value is -4.40. The van der Waals surface area contributed by atoms with Crippen LogP contribution in [0.25, 0.3) is 17.1 Å². The molecule has 0 spiro atoms. The van der Waals surface area contributed by atoms with Crippen molar-refractivity contribution in [2.75, 3.05) is 10.3 Å². The van der Waals surface area contributed by atoms with Crippen LogP contribution >= 0.6 is 24.4 Å². The first-order valence-corrected chi connectivity index (χ1v) is 12.1. The van der Waals surface area contributed by atoms with E-state index in [0.29, 0.717) is 21.7 Å². The second-order valence-corrected chi connectivity index (χ2v) is 8.61. The molecule has 0 fully saturated rings. The predicted molar refractivity (Wildman–Crippen MR) is 154 cm³/mol. The predicted octanol–water partition coefficient (Wildman–Crippen LogP) is 6.34. The van der Waals surface area contributed by atoms with Crippen molar-refractivity contribution in [3.8, 4) is 17.1 Å². The van der Waals surface area contributed by atoms with Crippen LogP contribution in [0.3, 0.4) is 0 Å². The zero-order chi connectivity index (χ0) is 24.7. The number of rotatable bonds is 6. The molecule has 176 valence electrons. The van der Waals surface area contributed by atoms with Gasteiger partial charge in [-0.3, -0.25) is 9.99 Å². The highest BCUT2D eigenvalue weighted by molar-refractivity contribution is 7.89. The molecular weight excluding hydrogens is 484 g/mol. The largest absolute Gasteiger partial charge is 0.344 e. The molecule has 0 radical (unpaired) electrons. The van der Waals surface area contributed by atoms with E-state index in [1.165, 1.54) is 0 Å². The number of nitrogens with zero attached hydrogens (tertiary/aromatic N) is 4. The van der Waals surface area contributed by atoms with Crippen molar-refractivity contribution in [3.63, 3.8) is 0 Å². The second-order valence-electron chi connectivity index (χ2n) is 7.79. The van der Waals surface area contributed by atoms with E-state index < -0.39 is 0 Å². The highest BCUT2D eigenvalue weighted by atomic mass is 32.1. The Kier molecular flexibility index (Phi) is 7.07. The molecule has 0 bridgehead atoms. The summed E-state index contributed by atoms with van der Waals surface area (Å²) in [7, 11) is 0. The topological polar surface area (TPSA) is 58.0 Å². The van der Waals surface area contributed by atoms with Gasteiger partial charge in [-0.15, -0.1) is 10.2 Å². The zero-order valence-electron chi connectivity index (χ0n) is 19.2. The third-order valence-corrected chi connectivity index (χ3v) is 6.09. The van der Waals surface area contributed by atoms with E-state index in [-0.39, 0.29) is 0 Å². The molecule has 5 rings (SSSR count). The van der Waals surface area contributed by atoms with Gasteiger partial charge in [0.15, 0.2) is 10.8 Å². The molecule has 0 saturated heterocycles. The lowest BCUT2D eigenvalue weighted by atomic mass is 10.2. The van der Waals surface area contributed by atoms with E-state index in [0.717, 1.165) is 22.6 Å². The maximum absolute atomic E-state index is 5.70. The summed E-state index contributed by atoms with van der Waals surface area (Å²) in [6, 6.07) is 39.4. The Labute approximate surface area is 220 Å². The fraction of sp³-hybridized carbons (Fsp3) is 0. The number of hydrazine groups is 1. The van der Waals surface area contributed by atoms with Crippen molar-refractivity contribution < 1.29 is 0 Å². The molecule has 36 heavy (non-hydrogen) atoms. The van der Waals surface area contributed by atoms with Crippen molar-refractivity contribution >= 4 is 51.7 Å². The van der Waals surface area contributed by atoms with E-state index >= 15 is 0 Å². The maximum atomic E-state index is 5.70. The van der Waals surface area contributed by atoms with Crippen LogP contribution in [0.4, 0.5) is 17.3 Å². The van der Waals surface area contributed by atoms with Gasteiger partial charge in [0, 0.05) is 11.3 Å². The van der Waals surface area contributed by atoms with Crippen LogP contribution in [-0.4, -0.2) is 24.7 Å². The minimum Gasteiger partial charge on any atom is -0.344 e. The van der Waals surface area contributed by atoms with Gasteiger partial charge < -0.3 is 5.32 Å². The summed E-state index contributed by atoms with van der Waals surface area (Å²) in [5.41, 5.74) is 6.82. The SMILES string of the molecule is S=C(Nc1ccccc1)C(=S)NN(c1ccccc1)c1nnc(-c2ccccc2)n1-c1ccccc1. The molecule has 1 aromatic heterocycles. The molecule has 2 N–H and O–H groups in total. The first-order valence-electron chi connectivity index (χ1n) is 11.3. The van der Waals surface area contributed by atoms with Gasteiger partial charge in [0.2, 0.25) is 0 Å².